The highest BCUT2D eigenvalue weighted by Crippen LogP contribution is 2.57. The van der Waals surface area contributed by atoms with Gasteiger partial charge < -0.3 is 14.7 Å². The third-order valence-electron chi connectivity index (χ3n) is 1.89. The van der Waals surface area contributed by atoms with Crippen molar-refractivity contribution in [2.24, 2.45) is 5.92 Å². The second-order valence-electron chi connectivity index (χ2n) is 4.12. The third kappa shape index (κ3) is 12.5. The first-order chi connectivity index (χ1) is 7.62. The fraction of sp³-hybridized carbons (Fsp3) is 1.00. The lowest BCUT2D eigenvalue weighted by atomic mass is 10.1. The minimum Gasteiger partial charge on any atom is -0.302 e. The summed E-state index contributed by atoms with van der Waals surface area (Å²) in [7, 11) is -9.64. The maximum absolute atomic E-state index is 11.0. The monoisotopic (exact) mass is 290 g/mol. The Balaban J connectivity index is 3.67. The van der Waals surface area contributed by atoms with E-state index in [9.17, 15) is 9.13 Å². The molecule has 0 bridgehead atoms. The van der Waals surface area contributed by atoms with E-state index in [1.165, 1.54) is 0 Å². The van der Waals surface area contributed by atoms with Gasteiger partial charge in [0.05, 0.1) is 6.61 Å². The average molecular weight is 290 g/mol. The van der Waals surface area contributed by atoms with Gasteiger partial charge >= 0.3 is 15.6 Å². The molecule has 0 aliphatic heterocycles. The summed E-state index contributed by atoms with van der Waals surface area (Å²) < 4.78 is 29.3. The van der Waals surface area contributed by atoms with Crippen molar-refractivity contribution < 1.29 is 32.6 Å². The van der Waals surface area contributed by atoms with Gasteiger partial charge in [-0.2, -0.15) is 4.31 Å². The van der Waals surface area contributed by atoms with E-state index in [1.807, 2.05) is 0 Å². The van der Waals surface area contributed by atoms with Crippen LogP contribution < -0.4 is 0 Å². The summed E-state index contributed by atoms with van der Waals surface area (Å²) in [5.74, 6) is 0.609. The highest BCUT2D eigenvalue weighted by atomic mass is 31.3. The Morgan fingerprint density at radius 1 is 1.06 bits per heavy atom. The summed E-state index contributed by atoms with van der Waals surface area (Å²) >= 11 is 0. The summed E-state index contributed by atoms with van der Waals surface area (Å²) in [6.45, 7) is 4.14. The molecule has 0 saturated carbocycles. The summed E-state index contributed by atoms with van der Waals surface area (Å²) in [5, 5.41) is 0. The molecular weight excluding hydrogens is 270 g/mol. The van der Waals surface area contributed by atoms with Gasteiger partial charge in [-0.25, -0.2) is 9.13 Å². The number of hydrogen-bond acceptors (Lipinski definition) is 4. The van der Waals surface area contributed by atoms with Gasteiger partial charge in [0.25, 0.3) is 0 Å². The van der Waals surface area contributed by atoms with Crippen LogP contribution in [0.1, 0.15) is 39.5 Å². The van der Waals surface area contributed by atoms with Crippen molar-refractivity contribution in [1.82, 2.24) is 0 Å². The van der Waals surface area contributed by atoms with Gasteiger partial charge in [-0.3, -0.25) is 4.52 Å². The Morgan fingerprint density at radius 3 is 2.12 bits per heavy atom. The van der Waals surface area contributed by atoms with E-state index in [1.54, 1.807) is 0 Å². The Bertz CT molecular complexity index is 298. The first-order valence-electron chi connectivity index (χ1n) is 5.36. The molecular formula is C8H20O7P2. The van der Waals surface area contributed by atoms with E-state index in [-0.39, 0.29) is 6.61 Å². The summed E-state index contributed by atoms with van der Waals surface area (Å²) in [6.07, 6.45) is 3.42. The molecule has 3 N–H and O–H groups in total. The SMILES string of the molecule is CC(C)CCCCCOP(=O)(O)OP(=O)(O)O. The highest BCUT2D eigenvalue weighted by Gasteiger charge is 2.31. The van der Waals surface area contributed by atoms with Crippen LogP contribution in [0.2, 0.25) is 0 Å². The molecule has 0 aromatic heterocycles. The first-order valence-corrected chi connectivity index (χ1v) is 8.39. The fourth-order valence-electron chi connectivity index (χ4n) is 1.17. The molecule has 0 saturated heterocycles. The standard InChI is InChI=1S/C8H20O7P2/c1-8(2)6-4-3-5-7-14-17(12,13)15-16(9,10)11/h8H,3-7H2,1-2H3,(H,12,13)(H2,9,10,11). The van der Waals surface area contributed by atoms with Crippen LogP contribution in [0.15, 0.2) is 0 Å². The molecule has 17 heavy (non-hydrogen) atoms. The number of unbranched alkanes of at least 4 members (excludes halogenated alkanes) is 2. The van der Waals surface area contributed by atoms with E-state index >= 15 is 0 Å². The number of rotatable bonds is 9. The Labute approximate surface area is 101 Å². The van der Waals surface area contributed by atoms with Crippen molar-refractivity contribution in [1.29, 1.82) is 0 Å². The molecule has 0 heterocycles. The Kier molecular flexibility index (Phi) is 7.76. The quantitative estimate of drug-likeness (QED) is 0.441. The van der Waals surface area contributed by atoms with Crippen molar-refractivity contribution in [3.63, 3.8) is 0 Å². The summed E-state index contributed by atoms with van der Waals surface area (Å²) in [6, 6.07) is 0. The Hall–Kier alpha value is 0.260. The second kappa shape index (κ2) is 7.64. The lowest BCUT2D eigenvalue weighted by molar-refractivity contribution is 0.175. The van der Waals surface area contributed by atoms with Gasteiger partial charge in [0.15, 0.2) is 0 Å². The molecule has 1 unspecified atom stereocenters. The zero-order valence-corrected chi connectivity index (χ0v) is 11.8. The molecule has 0 spiro atoms. The minimum atomic E-state index is -5.00. The molecule has 0 aromatic carbocycles. The summed E-state index contributed by atoms with van der Waals surface area (Å²) in [4.78, 5) is 25.6. The van der Waals surface area contributed by atoms with Crippen molar-refractivity contribution in [3.05, 3.63) is 0 Å². The van der Waals surface area contributed by atoms with E-state index in [0.29, 0.717) is 12.3 Å². The highest BCUT2D eigenvalue weighted by molar-refractivity contribution is 7.60. The van der Waals surface area contributed by atoms with Crippen LogP contribution in [-0.4, -0.2) is 21.3 Å². The average Bonchev–Trinajstić information content (AvgIpc) is 2.06. The predicted molar refractivity (Wildman–Crippen MR) is 62.2 cm³/mol. The van der Waals surface area contributed by atoms with Gasteiger partial charge in [0.2, 0.25) is 0 Å². The predicted octanol–water partition coefficient (Wildman–Crippen LogP) is 2.43. The van der Waals surface area contributed by atoms with Crippen LogP contribution in [0, 0.1) is 5.92 Å². The summed E-state index contributed by atoms with van der Waals surface area (Å²) in [5.41, 5.74) is 0. The maximum Gasteiger partial charge on any atom is 0.481 e. The van der Waals surface area contributed by atoms with Crippen molar-refractivity contribution >= 4 is 15.6 Å². The van der Waals surface area contributed by atoms with E-state index in [0.717, 1.165) is 19.3 Å². The molecule has 104 valence electrons. The molecule has 0 aromatic rings. The number of phosphoric ester groups is 1. The van der Waals surface area contributed by atoms with Crippen LogP contribution in [0.5, 0.6) is 0 Å². The molecule has 1 atom stereocenters. The van der Waals surface area contributed by atoms with Gasteiger partial charge in [-0.05, 0) is 12.3 Å². The van der Waals surface area contributed by atoms with Crippen LogP contribution >= 0.6 is 15.6 Å². The van der Waals surface area contributed by atoms with Crippen molar-refractivity contribution in [3.8, 4) is 0 Å². The van der Waals surface area contributed by atoms with E-state index < -0.39 is 15.6 Å². The van der Waals surface area contributed by atoms with E-state index in [4.69, 9.17) is 14.7 Å². The molecule has 0 fully saturated rings. The fourth-order valence-corrected chi connectivity index (χ4v) is 2.79. The number of hydrogen-bond donors (Lipinski definition) is 3. The lowest BCUT2D eigenvalue weighted by Gasteiger charge is -2.12. The van der Waals surface area contributed by atoms with Gasteiger partial charge in [-0.1, -0.05) is 33.1 Å². The van der Waals surface area contributed by atoms with Crippen molar-refractivity contribution in [2.45, 2.75) is 39.5 Å². The van der Waals surface area contributed by atoms with Crippen molar-refractivity contribution in [2.75, 3.05) is 6.61 Å². The molecule has 0 amide bonds. The molecule has 7 nitrogen and oxygen atoms in total. The Morgan fingerprint density at radius 2 is 1.65 bits per heavy atom. The van der Waals surface area contributed by atoms with Crippen LogP contribution in [-0.2, 0) is 18.0 Å². The zero-order chi connectivity index (χ0) is 13.5. The maximum atomic E-state index is 11.0. The van der Waals surface area contributed by atoms with Crippen LogP contribution in [0.4, 0.5) is 0 Å². The minimum absolute atomic E-state index is 0.0636. The van der Waals surface area contributed by atoms with Gasteiger partial charge in [0.1, 0.15) is 0 Å². The smallest absolute Gasteiger partial charge is 0.302 e. The number of phosphoric acid groups is 2. The molecule has 0 aliphatic rings. The zero-order valence-electron chi connectivity index (χ0n) is 9.98. The first kappa shape index (κ1) is 17.3. The third-order valence-corrected chi connectivity index (χ3v) is 4.08. The molecule has 0 aliphatic carbocycles. The second-order valence-corrected chi connectivity index (χ2v) is 6.95. The molecule has 0 rings (SSSR count). The largest absolute Gasteiger partial charge is 0.481 e. The molecule has 0 radical (unpaired) electrons. The van der Waals surface area contributed by atoms with Gasteiger partial charge in [-0.15, -0.1) is 0 Å². The van der Waals surface area contributed by atoms with E-state index in [2.05, 4.69) is 22.7 Å². The lowest BCUT2D eigenvalue weighted by Crippen LogP contribution is -1.96. The van der Waals surface area contributed by atoms with Gasteiger partial charge in [0, 0.05) is 0 Å². The topological polar surface area (TPSA) is 113 Å². The van der Waals surface area contributed by atoms with Crippen LogP contribution in [0.3, 0.4) is 0 Å². The van der Waals surface area contributed by atoms with Crippen LogP contribution in [0.25, 0.3) is 0 Å². The normalized spacial score (nSPS) is 16.1. The molecule has 9 heteroatoms.